The molecule has 0 aliphatic carbocycles. The first-order chi connectivity index (χ1) is 10.7. The van der Waals surface area contributed by atoms with E-state index in [2.05, 4.69) is 10.6 Å². The van der Waals surface area contributed by atoms with Crippen LogP contribution in [0.3, 0.4) is 0 Å². The molecule has 3 saturated heterocycles. The van der Waals surface area contributed by atoms with Crippen LogP contribution >= 0.6 is 0 Å². The first-order valence-electron chi connectivity index (χ1n) is 8.65. The van der Waals surface area contributed by atoms with E-state index >= 15 is 0 Å². The van der Waals surface area contributed by atoms with Crippen LogP contribution in [-0.2, 0) is 14.3 Å². The maximum absolute atomic E-state index is 12.4. The van der Waals surface area contributed by atoms with Crippen LogP contribution in [0.5, 0.6) is 0 Å². The zero-order valence-corrected chi connectivity index (χ0v) is 13.2. The summed E-state index contributed by atoms with van der Waals surface area (Å²) in [5.41, 5.74) is 0. The van der Waals surface area contributed by atoms with Gasteiger partial charge in [0.1, 0.15) is 6.10 Å². The first kappa shape index (κ1) is 15.7. The van der Waals surface area contributed by atoms with Gasteiger partial charge in [0.2, 0.25) is 5.91 Å². The number of nitrogens with zero attached hydrogens (tertiary/aromatic N) is 1. The fourth-order valence-electron chi connectivity index (χ4n) is 3.68. The number of amides is 2. The molecule has 124 valence electrons. The topological polar surface area (TPSA) is 70.7 Å². The van der Waals surface area contributed by atoms with Crippen molar-refractivity contribution in [3.63, 3.8) is 0 Å². The van der Waals surface area contributed by atoms with Crippen molar-refractivity contribution in [3.8, 4) is 0 Å². The first-order valence-corrected chi connectivity index (χ1v) is 8.65. The van der Waals surface area contributed by atoms with Crippen molar-refractivity contribution in [1.82, 2.24) is 15.5 Å². The van der Waals surface area contributed by atoms with Gasteiger partial charge in [-0.3, -0.25) is 9.59 Å². The van der Waals surface area contributed by atoms with Crippen LogP contribution in [0.2, 0.25) is 0 Å². The summed E-state index contributed by atoms with van der Waals surface area (Å²) in [5.74, 6) is 0.621. The van der Waals surface area contributed by atoms with Gasteiger partial charge in [-0.1, -0.05) is 0 Å². The monoisotopic (exact) mass is 309 g/mol. The Morgan fingerprint density at radius 1 is 1.18 bits per heavy atom. The van der Waals surface area contributed by atoms with Gasteiger partial charge in [-0.05, 0) is 51.0 Å². The summed E-state index contributed by atoms with van der Waals surface area (Å²) >= 11 is 0. The summed E-state index contributed by atoms with van der Waals surface area (Å²) in [6.07, 6.45) is 5.71. The second kappa shape index (κ2) is 7.42. The van der Waals surface area contributed by atoms with E-state index < -0.39 is 0 Å². The SMILES string of the molecule is O=C(NCC1CCCN(C(=O)[C@@H]2CCCO2)C1)C1CCCN1. The van der Waals surface area contributed by atoms with Gasteiger partial charge in [0.05, 0.1) is 6.04 Å². The summed E-state index contributed by atoms with van der Waals surface area (Å²) in [5, 5.41) is 6.27. The summed E-state index contributed by atoms with van der Waals surface area (Å²) in [7, 11) is 0. The van der Waals surface area contributed by atoms with Gasteiger partial charge in [-0.25, -0.2) is 0 Å². The lowest BCUT2D eigenvalue weighted by Gasteiger charge is -2.34. The normalized spacial score (nSPS) is 32.2. The second-order valence-corrected chi connectivity index (χ2v) is 6.69. The Bertz CT molecular complexity index is 403. The highest BCUT2D eigenvalue weighted by atomic mass is 16.5. The van der Waals surface area contributed by atoms with E-state index in [-0.39, 0.29) is 24.0 Å². The van der Waals surface area contributed by atoms with Gasteiger partial charge < -0.3 is 20.3 Å². The number of nitrogens with one attached hydrogen (secondary N) is 2. The minimum atomic E-state index is -0.226. The van der Waals surface area contributed by atoms with Gasteiger partial charge in [0.15, 0.2) is 0 Å². The molecule has 6 nitrogen and oxygen atoms in total. The maximum Gasteiger partial charge on any atom is 0.251 e. The molecular weight excluding hydrogens is 282 g/mol. The van der Waals surface area contributed by atoms with Crippen molar-refractivity contribution in [1.29, 1.82) is 0 Å². The number of piperidine rings is 1. The summed E-state index contributed by atoms with van der Waals surface area (Å²) in [4.78, 5) is 26.4. The largest absolute Gasteiger partial charge is 0.368 e. The number of hydrogen-bond acceptors (Lipinski definition) is 4. The number of ether oxygens (including phenoxy) is 1. The maximum atomic E-state index is 12.4. The highest BCUT2D eigenvalue weighted by molar-refractivity contribution is 5.82. The van der Waals surface area contributed by atoms with Crippen LogP contribution in [-0.4, -0.2) is 61.6 Å². The molecule has 3 aliphatic heterocycles. The number of rotatable bonds is 4. The van der Waals surface area contributed by atoms with E-state index in [1.807, 2.05) is 4.90 Å². The molecular formula is C16H27N3O3. The summed E-state index contributed by atoms with van der Waals surface area (Å²) < 4.78 is 5.50. The lowest BCUT2D eigenvalue weighted by atomic mass is 9.97. The molecule has 0 spiro atoms. The standard InChI is InChI=1S/C16H27N3O3/c20-15(13-5-1-7-17-13)18-10-12-4-2-8-19(11-12)16(21)14-6-3-9-22-14/h12-14,17H,1-11H2,(H,18,20)/t12?,13?,14-/m0/s1. The number of carbonyl (C=O) groups is 2. The molecule has 0 aromatic carbocycles. The van der Waals surface area contributed by atoms with E-state index in [1.54, 1.807) is 0 Å². The molecule has 0 bridgehead atoms. The lowest BCUT2D eigenvalue weighted by molar-refractivity contribution is -0.142. The third-order valence-corrected chi connectivity index (χ3v) is 4.98. The van der Waals surface area contributed by atoms with Gasteiger partial charge in [0.25, 0.3) is 5.91 Å². The van der Waals surface area contributed by atoms with Crippen molar-refractivity contribution >= 4 is 11.8 Å². The van der Waals surface area contributed by atoms with Crippen molar-refractivity contribution in [2.45, 2.75) is 50.7 Å². The van der Waals surface area contributed by atoms with Crippen molar-refractivity contribution in [2.75, 3.05) is 32.8 Å². The summed E-state index contributed by atoms with van der Waals surface area (Å²) in [6, 6.07) is -0.0202. The number of carbonyl (C=O) groups excluding carboxylic acids is 2. The Morgan fingerprint density at radius 3 is 2.82 bits per heavy atom. The van der Waals surface area contributed by atoms with Crippen molar-refractivity contribution < 1.29 is 14.3 Å². The minimum absolute atomic E-state index is 0.0202. The zero-order valence-electron chi connectivity index (χ0n) is 13.2. The molecule has 2 amide bonds. The Morgan fingerprint density at radius 2 is 2.09 bits per heavy atom. The predicted octanol–water partition coefficient (Wildman–Crippen LogP) is 0.272. The van der Waals surface area contributed by atoms with Gasteiger partial charge in [-0.2, -0.15) is 0 Å². The average molecular weight is 309 g/mol. The smallest absolute Gasteiger partial charge is 0.251 e. The molecule has 3 rings (SSSR count). The fraction of sp³-hybridized carbons (Fsp3) is 0.875. The van der Waals surface area contributed by atoms with Crippen molar-refractivity contribution in [2.24, 2.45) is 5.92 Å². The molecule has 2 unspecified atom stereocenters. The average Bonchev–Trinajstić information content (AvgIpc) is 3.25. The van der Waals surface area contributed by atoms with Crippen LogP contribution < -0.4 is 10.6 Å². The molecule has 6 heteroatoms. The molecule has 0 aromatic heterocycles. The zero-order chi connectivity index (χ0) is 15.4. The molecule has 3 atom stereocenters. The molecule has 3 heterocycles. The van der Waals surface area contributed by atoms with Crippen molar-refractivity contribution in [3.05, 3.63) is 0 Å². The molecule has 3 fully saturated rings. The van der Waals surface area contributed by atoms with E-state index in [0.717, 1.165) is 58.2 Å². The summed E-state index contributed by atoms with van der Waals surface area (Å²) in [6.45, 7) is 3.89. The van der Waals surface area contributed by atoms with Crippen LogP contribution in [0.25, 0.3) is 0 Å². The molecule has 22 heavy (non-hydrogen) atoms. The van der Waals surface area contributed by atoms with Gasteiger partial charge in [0, 0.05) is 26.2 Å². The third-order valence-electron chi connectivity index (χ3n) is 4.98. The highest BCUT2D eigenvalue weighted by Crippen LogP contribution is 2.21. The highest BCUT2D eigenvalue weighted by Gasteiger charge is 2.31. The molecule has 0 radical (unpaired) electrons. The third kappa shape index (κ3) is 3.79. The van der Waals surface area contributed by atoms with E-state index in [9.17, 15) is 9.59 Å². The lowest BCUT2D eigenvalue weighted by Crippen LogP contribution is -2.48. The number of likely N-dealkylation sites (tertiary alicyclic amines) is 1. The fourth-order valence-corrected chi connectivity index (χ4v) is 3.68. The second-order valence-electron chi connectivity index (χ2n) is 6.69. The van der Waals surface area contributed by atoms with Crippen LogP contribution in [0, 0.1) is 5.92 Å². The Balaban J connectivity index is 1.43. The predicted molar refractivity (Wildman–Crippen MR) is 82.3 cm³/mol. The Kier molecular flexibility index (Phi) is 5.31. The van der Waals surface area contributed by atoms with Crippen LogP contribution in [0.1, 0.15) is 38.5 Å². The number of hydrogen-bond donors (Lipinski definition) is 2. The van der Waals surface area contributed by atoms with Gasteiger partial charge in [-0.15, -0.1) is 0 Å². The minimum Gasteiger partial charge on any atom is -0.368 e. The molecule has 0 saturated carbocycles. The Hall–Kier alpha value is -1.14. The van der Waals surface area contributed by atoms with Crippen LogP contribution in [0.15, 0.2) is 0 Å². The Labute approximate surface area is 131 Å². The van der Waals surface area contributed by atoms with E-state index in [0.29, 0.717) is 19.1 Å². The molecule has 2 N–H and O–H groups in total. The van der Waals surface area contributed by atoms with Crippen LogP contribution in [0.4, 0.5) is 0 Å². The molecule has 0 aromatic rings. The molecule has 3 aliphatic rings. The quantitative estimate of drug-likeness (QED) is 0.782. The van der Waals surface area contributed by atoms with Gasteiger partial charge >= 0.3 is 0 Å². The van der Waals surface area contributed by atoms with E-state index in [4.69, 9.17) is 4.74 Å². The van der Waals surface area contributed by atoms with E-state index in [1.165, 1.54) is 0 Å².